The van der Waals surface area contributed by atoms with Gasteiger partial charge in [0.15, 0.2) is 5.96 Å². The Kier molecular flexibility index (Phi) is 9.12. The van der Waals surface area contributed by atoms with Gasteiger partial charge in [-0.05, 0) is 43.2 Å². The standard InChI is InChI=1S/C19H32N4O2/c1-3-4-11-24-12-5-9-22-19(20-2)23-14-17-8-10-21-18(13-17)25-15-16-6-7-16/h8,10,13,16H,3-7,9,11-12,14-15H2,1-2H3,(H2,20,22,23). The predicted molar refractivity (Wildman–Crippen MR) is 101 cm³/mol. The first-order chi connectivity index (χ1) is 12.3. The number of rotatable bonds is 12. The number of nitrogens with zero attached hydrogens (tertiary/aromatic N) is 2. The number of ether oxygens (including phenoxy) is 2. The molecule has 1 aromatic rings. The molecule has 0 saturated heterocycles. The monoisotopic (exact) mass is 348 g/mol. The van der Waals surface area contributed by atoms with Gasteiger partial charge in [-0.2, -0.15) is 0 Å². The van der Waals surface area contributed by atoms with E-state index in [1.54, 1.807) is 13.2 Å². The minimum atomic E-state index is 0.689. The van der Waals surface area contributed by atoms with Gasteiger partial charge >= 0.3 is 0 Å². The van der Waals surface area contributed by atoms with Crippen molar-refractivity contribution < 1.29 is 9.47 Å². The number of aliphatic imine (C=N–C) groups is 1. The van der Waals surface area contributed by atoms with Crippen molar-refractivity contribution in [3.8, 4) is 5.88 Å². The molecular formula is C19H32N4O2. The van der Waals surface area contributed by atoms with Crippen LogP contribution in [0.15, 0.2) is 23.3 Å². The predicted octanol–water partition coefficient (Wildman–Crippen LogP) is 2.74. The van der Waals surface area contributed by atoms with Gasteiger partial charge < -0.3 is 20.1 Å². The van der Waals surface area contributed by atoms with Gasteiger partial charge in [0.2, 0.25) is 5.88 Å². The van der Waals surface area contributed by atoms with E-state index < -0.39 is 0 Å². The maximum absolute atomic E-state index is 5.72. The first-order valence-corrected chi connectivity index (χ1v) is 9.41. The van der Waals surface area contributed by atoms with E-state index in [-0.39, 0.29) is 0 Å². The van der Waals surface area contributed by atoms with Gasteiger partial charge in [0.25, 0.3) is 0 Å². The number of guanidine groups is 1. The SMILES string of the molecule is CCCCOCCCNC(=NC)NCc1ccnc(OCC2CC2)c1. The van der Waals surface area contributed by atoms with E-state index in [1.165, 1.54) is 19.3 Å². The van der Waals surface area contributed by atoms with E-state index in [0.717, 1.165) is 56.6 Å². The summed E-state index contributed by atoms with van der Waals surface area (Å²) in [5.74, 6) is 2.24. The molecule has 1 fully saturated rings. The Bertz CT molecular complexity index is 518. The largest absolute Gasteiger partial charge is 0.477 e. The number of hydrogen-bond donors (Lipinski definition) is 2. The van der Waals surface area contributed by atoms with Crippen molar-refractivity contribution in [2.24, 2.45) is 10.9 Å². The number of nitrogens with one attached hydrogen (secondary N) is 2. The molecule has 6 nitrogen and oxygen atoms in total. The van der Waals surface area contributed by atoms with Crippen LogP contribution in [0.1, 0.15) is 44.6 Å². The Morgan fingerprint density at radius 3 is 2.88 bits per heavy atom. The first kappa shape index (κ1) is 19.5. The molecule has 1 aromatic heterocycles. The summed E-state index contributed by atoms with van der Waals surface area (Å²) in [6, 6.07) is 3.98. The molecule has 0 aliphatic heterocycles. The molecule has 1 saturated carbocycles. The third-order valence-corrected chi connectivity index (χ3v) is 4.05. The van der Waals surface area contributed by atoms with Crippen LogP contribution in [0.2, 0.25) is 0 Å². The zero-order valence-corrected chi connectivity index (χ0v) is 15.6. The van der Waals surface area contributed by atoms with Crippen molar-refractivity contribution in [1.82, 2.24) is 15.6 Å². The average Bonchev–Trinajstić information content (AvgIpc) is 3.46. The molecule has 0 bridgehead atoms. The Labute approximate surface area is 151 Å². The molecule has 6 heteroatoms. The summed E-state index contributed by atoms with van der Waals surface area (Å²) < 4.78 is 11.3. The normalized spacial score (nSPS) is 14.4. The maximum atomic E-state index is 5.72. The highest BCUT2D eigenvalue weighted by Gasteiger charge is 2.22. The zero-order chi connectivity index (χ0) is 17.7. The van der Waals surface area contributed by atoms with Crippen LogP contribution in [0.3, 0.4) is 0 Å². The summed E-state index contributed by atoms with van der Waals surface area (Å²) in [5.41, 5.74) is 1.13. The maximum Gasteiger partial charge on any atom is 0.213 e. The topological polar surface area (TPSA) is 67.8 Å². The molecule has 0 aromatic carbocycles. The lowest BCUT2D eigenvalue weighted by Crippen LogP contribution is -2.37. The van der Waals surface area contributed by atoms with Crippen LogP contribution in [0.25, 0.3) is 0 Å². The quantitative estimate of drug-likeness (QED) is 0.345. The molecule has 0 amide bonds. The van der Waals surface area contributed by atoms with Crippen molar-refractivity contribution in [1.29, 1.82) is 0 Å². The Morgan fingerprint density at radius 2 is 2.12 bits per heavy atom. The van der Waals surface area contributed by atoms with Crippen molar-refractivity contribution in [2.45, 2.75) is 45.6 Å². The molecule has 25 heavy (non-hydrogen) atoms. The summed E-state index contributed by atoms with van der Waals surface area (Å²) in [6.07, 6.45) is 7.65. The Hall–Kier alpha value is -1.82. The number of unbranched alkanes of at least 4 members (excludes halogenated alkanes) is 1. The van der Waals surface area contributed by atoms with E-state index in [0.29, 0.717) is 12.4 Å². The van der Waals surface area contributed by atoms with Crippen LogP contribution in [-0.2, 0) is 11.3 Å². The van der Waals surface area contributed by atoms with Crippen LogP contribution >= 0.6 is 0 Å². The molecule has 0 radical (unpaired) electrons. The van der Waals surface area contributed by atoms with Crippen molar-refractivity contribution in [2.75, 3.05) is 33.4 Å². The van der Waals surface area contributed by atoms with Crippen LogP contribution in [0, 0.1) is 5.92 Å². The molecular weight excluding hydrogens is 316 g/mol. The van der Waals surface area contributed by atoms with E-state index in [2.05, 4.69) is 27.5 Å². The second-order valence-corrected chi connectivity index (χ2v) is 6.43. The fourth-order valence-electron chi connectivity index (χ4n) is 2.26. The van der Waals surface area contributed by atoms with Crippen molar-refractivity contribution in [3.63, 3.8) is 0 Å². The fraction of sp³-hybridized carbons (Fsp3) is 0.684. The van der Waals surface area contributed by atoms with E-state index >= 15 is 0 Å². The highest BCUT2D eigenvalue weighted by molar-refractivity contribution is 5.79. The summed E-state index contributed by atoms with van der Waals surface area (Å²) in [6.45, 7) is 6.14. The average molecular weight is 348 g/mol. The van der Waals surface area contributed by atoms with Gasteiger partial charge in [0.05, 0.1) is 6.61 Å². The smallest absolute Gasteiger partial charge is 0.213 e. The zero-order valence-electron chi connectivity index (χ0n) is 15.6. The first-order valence-electron chi connectivity index (χ1n) is 9.41. The van der Waals surface area contributed by atoms with E-state index in [1.807, 2.05) is 12.1 Å². The van der Waals surface area contributed by atoms with Gasteiger partial charge in [-0.3, -0.25) is 4.99 Å². The molecule has 2 rings (SSSR count). The van der Waals surface area contributed by atoms with Gasteiger partial charge in [0, 0.05) is 45.6 Å². The lowest BCUT2D eigenvalue weighted by atomic mass is 10.2. The molecule has 1 heterocycles. The fourth-order valence-corrected chi connectivity index (χ4v) is 2.26. The summed E-state index contributed by atoms with van der Waals surface area (Å²) in [4.78, 5) is 8.52. The Morgan fingerprint density at radius 1 is 1.28 bits per heavy atom. The van der Waals surface area contributed by atoms with Gasteiger partial charge in [-0.15, -0.1) is 0 Å². The molecule has 0 atom stereocenters. The summed E-state index contributed by atoms with van der Waals surface area (Å²) >= 11 is 0. The minimum Gasteiger partial charge on any atom is -0.477 e. The van der Waals surface area contributed by atoms with Crippen LogP contribution in [0.5, 0.6) is 5.88 Å². The second-order valence-electron chi connectivity index (χ2n) is 6.43. The van der Waals surface area contributed by atoms with Crippen molar-refractivity contribution in [3.05, 3.63) is 23.9 Å². The van der Waals surface area contributed by atoms with Crippen LogP contribution in [-0.4, -0.2) is 44.4 Å². The number of pyridine rings is 1. The molecule has 0 spiro atoms. The lowest BCUT2D eigenvalue weighted by molar-refractivity contribution is 0.129. The van der Waals surface area contributed by atoms with Gasteiger partial charge in [0.1, 0.15) is 0 Å². The van der Waals surface area contributed by atoms with Crippen molar-refractivity contribution >= 4 is 5.96 Å². The molecule has 2 N–H and O–H groups in total. The lowest BCUT2D eigenvalue weighted by Gasteiger charge is -2.12. The van der Waals surface area contributed by atoms with Crippen LogP contribution in [0.4, 0.5) is 0 Å². The van der Waals surface area contributed by atoms with E-state index in [4.69, 9.17) is 9.47 Å². The number of aromatic nitrogens is 1. The third kappa shape index (κ3) is 8.72. The third-order valence-electron chi connectivity index (χ3n) is 4.05. The molecule has 140 valence electrons. The minimum absolute atomic E-state index is 0.689. The van der Waals surface area contributed by atoms with Gasteiger partial charge in [-0.1, -0.05) is 13.3 Å². The molecule has 0 unspecified atom stereocenters. The summed E-state index contributed by atoms with van der Waals surface area (Å²) in [7, 11) is 1.78. The summed E-state index contributed by atoms with van der Waals surface area (Å²) in [5, 5.41) is 6.62. The number of hydrogen-bond acceptors (Lipinski definition) is 4. The highest BCUT2D eigenvalue weighted by atomic mass is 16.5. The molecule has 1 aliphatic carbocycles. The van der Waals surface area contributed by atoms with Gasteiger partial charge in [-0.25, -0.2) is 4.98 Å². The Balaban J connectivity index is 1.61. The second kappa shape index (κ2) is 11.7. The molecule has 1 aliphatic rings. The van der Waals surface area contributed by atoms with E-state index in [9.17, 15) is 0 Å². The van der Waals surface area contributed by atoms with Crippen LogP contribution < -0.4 is 15.4 Å². The highest BCUT2D eigenvalue weighted by Crippen LogP contribution is 2.29.